The lowest BCUT2D eigenvalue weighted by atomic mass is 9.97. The van der Waals surface area contributed by atoms with Gasteiger partial charge in [0.1, 0.15) is 10.0 Å². The molecule has 1 N–H and O–H groups in total. The van der Waals surface area contributed by atoms with Gasteiger partial charge in [-0.3, -0.25) is 4.79 Å². The molecule has 9 heteroatoms. The van der Waals surface area contributed by atoms with Crippen molar-refractivity contribution in [3.8, 4) is 0 Å². The monoisotopic (exact) mass is 408 g/mol. The molecule has 1 amide bonds. The van der Waals surface area contributed by atoms with Crippen LogP contribution in [0.2, 0.25) is 0 Å². The van der Waals surface area contributed by atoms with Gasteiger partial charge in [0.05, 0.1) is 0 Å². The topological polar surface area (TPSA) is 82.6 Å². The average molecular weight is 409 g/mol. The molecule has 0 bridgehead atoms. The van der Waals surface area contributed by atoms with E-state index < -0.39 is 10.0 Å². The van der Waals surface area contributed by atoms with Crippen molar-refractivity contribution in [2.75, 3.05) is 32.1 Å². The third-order valence-electron chi connectivity index (χ3n) is 4.66. The number of sulfonamides is 1. The quantitative estimate of drug-likeness (QED) is 0.790. The minimum atomic E-state index is -3.43. The maximum atomic E-state index is 12.6. The van der Waals surface area contributed by atoms with E-state index in [0.29, 0.717) is 36.7 Å². The molecule has 3 rings (SSSR count). The molecule has 0 atom stereocenters. The number of nitrogens with zero attached hydrogens (tertiary/aromatic N) is 3. The second-order valence-corrected chi connectivity index (χ2v) is 9.82. The largest absolute Gasteiger partial charge is 0.362 e. The molecule has 0 unspecified atom stereocenters. The van der Waals surface area contributed by atoms with Crippen LogP contribution in [0.1, 0.15) is 18.4 Å². The van der Waals surface area contributed by atoms with Crippen LogP contribution in [-0.2, 0) is 21.4 Å². The fraction of sp³-hybridized carbons (Fsp3) is 0.444. The van der Waals surface area contributed by atoms with Crippen LogP contribution >= 0.6 is 11.3 Å². The fourth-order valence-electron chi connectivity index (χ4n) is 3.19. The Labute approximate surface area is 164 Å². The summed E-state index contributed by atoms with van der Waals surface area (Å²) < 4.78 is 27.0. The Bertz CT molecular complexity index is 874. The van der Waals surface area contributed by atoms with E-state index in [4.69, 9.17) is 0 Å². The van der Waals surface area contributed by atoms with Crippen LogP contribution in [0.5, 0.6) is 0 Å². The number of piperidine rings is 1. The summed E-state index contributed by atoms with van der Waals surface area (Å²) in [6, 6.07) is 7.15. The van der Waals surface area contributed by atoms with Crippen molar-refractivity contribution in [2.45, 2.75) is 23.6 Å². The number of rotatable bonds is 6. The van der Waals surface area contributed by atoms with Crippen LogP contribution in [0.15, 0.2) is 40.1 Å². The lowest BCUT2D eigenvalue weighted by Gasteiger charge is -2.30. The summed E-state index contributed by atoms with van der Waals surface area (Å²) >= 11 is 1.22. The summed E-state index contributed by atoms with van der Waals surface area (Å²) in [7, 11) is 0.396. The van der Waals surface area contributed by atoms with Gasteiger partial charge in [-0.25, -0.2) is 13.4 Å². The minimum absolute atomic E-state index is 0.0308. The van der Waals surface area contributed by atoms with E-state index >= 15 is 0 Å². The summed E-state index contributed by atoms with van der Waals surface area (Å²) in [6.45, 7) is 1.15. The number of carbonyl (C=O) groups excluding carboxylic acids is 1. The molecular weight excluding hydrogens is 384 g/mol. The van der Waals surface area contributed by atoms with E-state index in [1.165, 1.54) is 15.6 Å². The number of anilines is 1. The molecule has 0 radical (unpaired) electrons. The second-order valence-electron chi connectivity index (χ2n) is 6.71. The smallest absolute Gasteiger partial charge is 0.252 e. The molecule has 27 heavy (non-hydrogen) atoms. The van der Waals surface area contributed by atoms with Crippen LogP contribution in [0.3, 0.4) is 0 Å². The lowest BCUT2D eigenvalue weighted by Crippen LogP contribution is -2.42. The second kappa shape index (κ2) is 8.37. The fourth-order valence-corrected chi connectivity index (χ4v) is 5.81. The molecule has 0 aliphatic carbocycles. The highest BCUT2D eigenvalue weighted by molar-refractivity contribution is 7.91. The van der Waals surface area contributed by atoms with Crippen molar-refractivity contribution in [1.82, 2.24) is 14.6 Å². The molecule has 146 valence electrons. The maximum Gasteiger partial charge on any atom is 0.252 e. The molecule has 3 heterocycles. The first-order valence-electron chi connectivity index (χ1n) is 8.82. The maximum absolute atomic E-state index is 12.6. The summed E-state index contributed by atoms with van der Waals surface area (Å²) in [6.07, 6.45) is 2.79. The van der Waals surface area contributed by atoms with Gasteiger partial charge in [-0.05, 0) is 30.4 Å². The number of thiophene rings is 1. The molecule has 0 saturated carbocycles. The van der Waals surface area contributed by atoms with Crippen molar-refractivity contribution < 1.29 is 13.2 Å². The van der Waals surface area contributed by atoms with E-state index in [9.17, 15) is 13.2 Å². The minimum Gasteiger partial charge on any atom is -0.362 e. The number of amides is 1. The van der Waals surface area contributed by atoms with Crippen LogP contribution < -0.4 is 10.2 Å². The van der Waals surface area contributed by atoms with Crippen molar-refractivity contribution in [1.29, 1.82) is 0 Å². The number of nitrogens with one attached hydrogen (secondary N) is 1. The number of hydrogen-bond donors (Lipinski definition) is 1. The number of pyridine rings is 1. The van der Waals surface area contributed by atoms with E-state index in [0.717, 1.165) is 11.4 Å². The number of carbonyl (C=O) groups is 1. The molecule has 1 aliphatic heterocycles. The zero-order valence-corrected chi connectivity index (χ0v) is 17.1. The molecular formula is C18H24N4O3S2. The predicted octanol–water partition coefficient (Wildman–Crippen LogP) is 1.93. The van der Waals surface area contributed by atoms with Crippen LogP contribution in [0, 0.1) is 5.92 Å². The molecule has 1 fully saturated rings. The Morgan fingerprint density at radius 2 is 2.04 bits per heavy atom. The van der Waals surface area contributed by atoms with Gasteiger partial charge < -0.3 is 10.2 Å². The highest BCUT2D eigenvalue weighted by Gasteiger charge is 2.32. The Balaban J connectivity index is 1.55. The highest BCUT2D eigenvalue weighted by atomic mass is 32.2. The molecule has 7 nitrogen and oxygen atoms in total. The molecule has 1 saturated heterocycles. The number of hydrogen-bond acceptors (Lipinski definition) is 6. The van der Waals surface area contributed by atoms with Gasteiger partial charge in [0, 0.05) is 51.4 Å². The third-order valence-corrected chi connectivity index (χ3v) is 7.93. The van der Waals surface area contributed by atoms with Gasteiger partial charge in [-0.2, -0.15) is 4.31 Å². The van der Waals surface area contributed by atoms with Gasteiger partial charge in [-0.15, -0.1) is 11.3 Å². The first-order chi connectivity index (χ1) is 12.9. The Morgan fingerprint density at radius 1 is 1.30 bits per heavy atom. The van der Waals surface area contributed by atoms with Gasteiger partial charge in [0.15, 0.2) is 0 Å². The molecule has 0 spiro atoms. The van der Waals surface area contributed by atoms with E-state index in [1.54, 1.807) is 23.7 Å². The van der Waals surface area contributed by atoms with Crippen LogP contribution in [0.25, 0.3) is 0 Å². The highest BCUT2D eigenvalue weighted by Crippen LogP contribution is 2.26. The number of aromatic nitrogens is 1. The molecule has 1 aliphatic rings. The Kier molecular flexibility index (Phi) is 6.13. The zero-order chi connectivity index (χ0) is 19.4. The summed E-state index contributed by atoms with van der Waals surface area (Å²) in [4.78, 5) is 18.8. The standard InChI is InChI=1S/C18H24N4O3S2/c1-21(2)17-15(5-3-9-19-17)13-20-18(23)14-7-10-22(11-8-14)27(24,25)16-6-4-12-26-16/h3-6,9,12,14H,7-8,10-11,13H2,1-2H3,(H,20,23). The molecule has 2 aromatic heterocycles. The van der Waals surface area contributed by atoms with Crippen molar-refractivity contribution in [2.24, 2.45) is 5.92 Å². The first kappa shape index (κ1) is 19.8. The zero-order valence-electron chi connectivity index (χ0n) is 15.5. The summed E-state index contributed by atoms with van der Waals surface area (Å²) in [5.41, 5.74) is 0.952. The van der Waals surface area contributed by atoms with Crippen molar-refractivity contribution in [3.63, 3.8) is 0 Å². The SMILES string of the molecule is CN(C)c1ncccc1CNC(=O)C1CCN(S(=O)(=O)c2cccs2)CC1. The normalized spacial score (nSPS) is 16.2. The van der Waals surface area contributed by atoms with Crippen molar-refractivity contribution >= 4 is 33.1 Å². The molecule has 2 aromatic rings. The summed E-state index contributed by atoms with van der Waals surface area (Å²) in [5, 5.41) is 4.73. The van der Waals surface area contributed by atoms with E-state index in [1.807, 2.05) is 31.1 Å². The van der Waals surface area contributed by atoms with Gasteiger partial charge in [-0.1, -0.05) is 12.1 Å². The lowest BCUT2D eigenvalue weighted by molar-refractivity contribution is -0.126. The first-order valence-corrected chi connectivity index (χ1v) is 11.1. The van der Waals surface area contributed by atoms with Gasteiger partial charge in [0.2, 0.25) is 5.91 Å². The average Bonchev–Trinajstić information content (AvgIpc) is 3.22. The Morgan fingerprint density at radius 3 is 2.67 bits per heavy atom. The van der Waals surface area contributed by atoms with Gasteiger partial charge in [0.25, 0.3) is 10.0 Å². The van der Waals surface area contributed by atoms with Gasteiger partial charge >= 0.3 is 0 Å². The van der Waals surface area contributed by atoms with E-state index in [-0.39, 0.29) is 11.8 Å². The van der Waals surface area contributed by atoms with Crippen LogP contribution in [0.4, 0.5) is 5.82 Å². The molecule has 0 aromatic carbocycles. The predicted molar refractivity (Wildman–Crippen MR) is 106 cm³/mol. The summed E-state index contributed by atoms with van der Waals surface area (Å²) in [5.74, 6) is 0.630. The third kappa shape index (κ3) is 4.48. The van der Waals surface area contributed by atoms with Crippen molar-refractivity contribution in [3.05, 3.63) is 41.4 Å². The van der Waals surface area contributed by atoms with E-state index in [2.05, 4.69) is 10.3 Å². The van der Waals surface area contributed by atoms with Crippen LogP contribution in [-0.4, -0.2) is 50.8 Å². The Hall–Kier alpha value is -1.97.